The summed E-state index contributed by atoms with van der Waals surface area (Å²) in [7, 11) is 1.67. The Kier molecular flexibility index (Phi) is 5.05. The molecule has 0 aliphatic heterocycles. The van der Waals surface area contributed by atoms with Crippen molar-refractivity contribution in [2.45, 2.75) is 12.5 Å². The lowest BCUT2D eigenvalue weighted by molar-refractivity contribution is -0.121. The summed E-state index contributed by atoms with van der Waals surface area (Å²) in [6.07, 6.45) is 0.277. The Morgan fingerprint density at radius 2 is 2.00 bits per heavy atom. The summed E-state index contributed by atoms with van der Waals surface area (Å²) < 4.78 is 5.46. The first-order valence-electron chi connectivity index (χ1n) is 7.56. The minimum atomic E-state index is -0.0993. The van der Waals surface area contributed by atoms with Crippen molar-refractivity contribution >= 4 is 28.0 Å². The van der Waals surface area contributed by atoms with E-state index in [2.05, 4.69) is 23.5 Å². The maximum atomic E-state index is 12.3. The van der Waals surface area contributed by atoms with Gasteiger partial charge in [-0.25, -0.2) is 0 Å². The van der Waals surface area contributed by atoms with Crippen LogP contribution in [0.25, 0.3) is 10.8 Å². The highest BCUT2D eigenvalue weighted by molar-refractivity contribution is 7.07. The predicted molar refractivity (Wildman–Crippen MR) is 94.7 cm³/mol. The van der Waals surface area contributed by atoms with Gasteiger partial charge in [-0.05, 0) is 38.7 Å². The smallest absolute Gasteiger partial charge is 0.224 e. The van der Waals surface area contributed by atoms with Crippen LogP contribution in [0.3, 0.4) is 0 Å². The first-order chi connectivity index (χ1) is 11.3. The molecule has 0 spiro atoms. The number of fused-ring (bicyclic) bond motifs is 1. The second-order valence-electron chi connectivity index (χ2n) is 5.40. The zero-order valence-electron chi connectivity index (χ0n) is 13.0. The lowest BCUT2D eigenvalue weighted by Gasteiger charge is -2.15. The van der Waals surface area contributed by atoms with E-state index in [-0.39, 0.29) is 12.0 Å². The van der Waals surface area contributed by atoms with Gasteiger partial charge in [-0.1, -0.05) is 42.5 Å². The fraction of sp³-hybridized carbons (Fsp3) is 0.211. The maximum absolute atomic E-state index is 12.3. The summed E-state index contributed by atoms with van der Waals surface area (Å²) in [5.41, 5.74) is 2.15. The van der Waals surface area contributed by atoms with Crippen LogP contribution >= 0.6 is 11.3 Å². The van der Waals surface area contributed by atoms with Crippen molar-refractivity contribution in [1.82, 2.24) is 5.32 Å². The largest absolute Gasteiger partial charge is 0.375 e. The molecule has 0 aliphatic rings. The second-order valence-corrected chi connectivity index (χ2v) is 6.18. The van der Waals surface area contributed by atoms with Crippen LogP contribution in [0.4, 0.5) is 0 Å². The van der Waals surface area contributed by atoms with Crippen LogP contribution in [-0.2, 0) is 16.0 Å². The van der Waals surface area contributed by atoms with Gasteiger partial charge in [0.15, 0.2) is 0 Å². The molecule has 0 radical (unpaired) electrons. The van der Waals surface area contributed by atoms with Gasteiger partial charge in [-0.3, -0.25) is 4.79 Å². The molecule has 3 rings (SSSR count). The van der Waals surface area contributed by atoms with Gasteiger partial charge < -0.3 is 10.1 Å². The molecule has 0 fully saturated rings. The molecule has 0 saturated heterocycles. The molecule has 23 heavy (non-hydrogen) atoms. The molecule has 1 heterocycles. The molecule has 3 aromatic rings. The minimum absolute atomic E-state index is 0.0126. The second kappa shape index (κ2) is 7.40. The van der Waals surface area contributed by atoms with E-state index in [0.717, 1.165) is 21.9 Å². The minimum Gasteiger partial charge on any atom is -0.375 e. The van der Waals surface area contributed by atoms with Crippen molar-refractivity contribution in [2.24, 2.45) is 0 Å². The van der Waals surface area contributed by atoms with Crippen LogP contribution in [0.5, 0.6) is 0 Å². The summed E-state index contributed by atoms with van der Waals surface area (Å²) in [4.78, 5) is 12.3. The predicted octanol–water partition coefficient (Wildman–Crippen LogP) is 3.95. The molecule has 0 saturated carbocycles. The normalized spacial score (nSPS) is 12.2. The molecule has 1 aromatic heterocycles. The molecule has 1 N–H and O–H groups in total. The van der Waals surface area contributed by atoms with Crippen LogP contribution in [0.2, 0.25) is 0 Å². The number of ether oxygens (including phenoxy) is 1. The average Bonchev–Trinajstić information content (AvgIpc) is 3.10. The number of benzene rings is 2. The van der Waals surface area contributed by atoms with Gasteiger partial charge in [0.05, 0.1) is 6.42 Å². The quantitative estimate of drug-likeness (QED) is 0.745. The molecule has 1 amide bonds. The summed E-state index contributed by atoms with van der Waals surface area (Å²) >= 11 is 1.63. The van der Waals surface area contributed by atoms with E-state index in [0.29, 0.717) is 13.0 Å². The van der Waals surface area contributed by atoms with Crippen LogP contribution in [0.15, 0.2) is 59.3 Å². The molecule has 0 bridgehead atoms. The molecule has 4 heteroatoms. The van der Waals surface area contributed by atoms with Gasteiger partial charge in [0.2, 0.25) is 5.91 Å². The van der Waals surface area contributed by atoms with E-state index in [1.54, 1.807) is 18.4 Å². The fourth-order valence-electron chi connectivity index (χ4n) is 2.68. The van der Waals surface area contributed by atoms with Crippen molar-refractivity contribution in [2.75, 3.05) is 13.7 Å². The highest BCUT2D eigenvalue weighted by Crippen LogP contribution is 2.20. The number of carbonyl (C=O) groups excluding carboxylic acids is 1. The fourth-order valence-corrected chi connectivity index (χ4v) is 3.39. The zero-order valence-corrected chi connectivity index (χ0v) is 13.8. The Morgan fingerprint density at radius 3 is 2.78 bits per heavy atom. The van der Waals surface area contributed by atoms with E-state index in [1.807, 2.05) is 41.1 Å². The van der Waals surface area contributed by atoms with Gasteiger partial charge >= 0.3 is 0 Å². The highest BCUT2D eigenvalue weighted by Gasteiger charge is 2.13. The van der Waals surface area contributed by atoms with E-state index < -0.39 is 0 Å². The lowest BCUT2D eigenvalue weighted by atomic mass is 10.0. The summed E-state index contributed by atoms with van der Waals surface area (Å²) in [5.74, 6) is 0.0126. The Labute approximate surface area is 139 Å². The van der Waals surface area contributed by atoms with Crippen molar-refractivity contribution in [3.8, 4) is 0 Å². The number of amides is 1. The molecule has 0 aliphatic carbocycles. The van der Waals surface area contributed by atoms with Gasteiger partial charge in [-0.15, -0.1) is 0 Å². The number of nitrogens with one attached hydrogen (secondary N) is 1. The molecular weight excluding hydrogens is 306 g/mol. The summed E-state index contributed by atoms with van der Waals surface area (Å²) in [5, 5.41) is 9.32. The van der Waals surface area contributed by atoms with Crippen molar-refractivity contribution in [3.05, 3.63) is 70.4 Å². The zero-order chi connectivity index (χ0) is 16.1. The van der Waals surface area contributed by atoms with Gasteiger partial charge in [0, 0.05) is 13.7 Å². The number of thiophene rings is 1. The van der Waals surface area contributed by atoms with Crippen LogP contribution in [-0.4, -0.2) is 19.6 Å². The first kappa shape index (κ1) is 15.7. The van der Waals surface area contributed by atoms with E-state index in [9.17, 15) is 4.79 Å². The standard InChI is InChI=1S/C19H19NO2S/c1-22-18(16-9-10-23-13-16)12-20-19(21)11-15-7-4-6-14-5-2-3-8-17(14)15/h2-10,13,18H,11-12H2,1H3,(H,20,21)/t18-/m1/s1. The number of hydrogen-bond acceptors (Lipinski definition) is 3. The van der Waals surface area contributed by atoms with E-state index in [4.69, 9.17) is 4.74 Å². The highest BCUT2D eigenvalue weighted by atomic mass is 32.1. The van der Waals surface area contributed by atoms with E-state index >= 15 is 0 Å². The van der Waals surface area contributed by atoms with Crippen molar-refractivity contribution < 1.29 is 9.53 Å². The van der Waals surface area contributed by atoms with Crippen LogP contribution in [0, 0.1) is 0 Å². The third-order valence-electron chi connectivity index (χ3n) is 3.92. The SMILES string of the molecule is CO[C@H](CNC(=O)Cc1cccc2ccccc12)c1ccsc1. The summed E-state index contributed by atoms with van der Waals surface area (Å²) in [6, 6.07) is 16.2. The Morgan fingerprint density at radius 1 is 1.17 bits per heavy atom. The maximum Gasteiger partial charge on any atom is 0.224 e. The Hall–Kier alpha value is -2.17. The molecule has 3 nitrogen and oxygen atoms in total. The number of methoxy groups -OCH3 is 1. The lowest BCUT2D eigenvalue weighted by Crippen LogP contribution is -2.30. The third kappa shape index (κ3) is 3.78. The molecular formula is C19H19NO2S. The molecule has 1 atom stereocenters. The average molecular weight is 325 g/mol. The Balaban J connectivity index is 1.65. The number of carbonyl (C=O) groups is 1. The van der Waals surface area contributed by atoms with Crippen molar-refractivity contribution in [3.63, 3.8) is 0 Å². The third-order valence-corrected chi connectivity index (χ3v) is 4.62. The number of rotatable bonds is 6. The first-order valence-corrected chi connectivity index (χ1v) is 8.50. The number of hydrogen-bond donors (Lipinski definition) is 1. The van der Waals surface area contributed by atoms with Gasteiger partial charge in [0.1, 0.15) is 6.10 Å². The molecule has 0 unspecified atom stereocenters. The molecule has 118 valence electrons. The Bertz CT molecular complexity index is 778. The van der Waals surface area contributed by atoms with Crippen LogP contribution in [0.1, 0.15) is 17.2 Å². The van der Waals surface area contributed by atoms with Crippen molar-refractivity contribution in [1.29, 1.82) is 0 Å². The summed E-state index contributed by atoms with van der Waals surface area (Å²) in [6.45, 7) is 0.483. The van der Waals surface area contributed by atoms with Gasteiger partial charge in [0.25, 0.3) is 0 Å². The van der Waals surface area contributed by atoms with Gasteiger partial charge in [-0.2, -0.15) is 11.3 Å². The topological polar surface area (TPSA) is 38.3 Å². The monoisotopic (exact) mass is 325 g/mol. The van der Waals surface area contributed by atoms with Crippen LogP contribution < -0.4 is 5.32 Å². The molecule has 2 aromatic carbocycles. The van der Waals surface area contributed by atoms with E-state index in [1.165, 1.54) is 0 Å².